The summed E-state index contributed by atoms with van der Waals surface area (Å²) in [6, 6.07) is 7.17. The minimum Gasteiger partial charge on any atom is -0.482 e. The number of nitrogens with one attached hydrogen (secondary N) is 1. The third kappa shape index (κ3) is 4.52. The number of carbonyl (C=O) groups excluding carboxylic acids is 2. The van der Waals surface area contributed by atoms with Crippen molar-refractivity contribution in [1.29, 1.82) is 0 Å². The van der Waals surface area contributed by atoms with E-state index in [-0.39, 0.29) is 35.9 Å². The fourth-order valence-electron chi connectivity index (χ4n) is 4.11. The van der Waals surface area contributed by atoms with Crippen molar-refractivity contribution in [3.05, 3.63) is 40.6 Å². The van der Waals surface area contributed by atoms with Gasteiger partial charge in [0.25, 0.3) is 5.91 Å². The summed E-state index contributed by atoms with van der Waals surface area (Å²) in [4.78, 5) is 27.0. The molecule has 1 aliphatic carbocycles. The zero-order chi connectivity index (χ0) is 20.5. The van der Waals surface area contributed by atoms with Crippen LogP contribution in [0.5, 0.6) is 0 Å². The molecule has 1 saturated carbocycles. The number of hydrogen-bond donors (Lipinski definition) is 1. The van der Waals surface area contributed by atoms with Gasteiger partial charge in [0.15, 0.2) is 5.76 Å². The summed E-state index contributed by atoms with van der Waals surface area (Å²) in [6.45, 7) is 6.75. The van der Waals surface area contributed by atoms with Gasteiger partial charge < -0.3 is 15.0 Å². The topological polar surface area (TPSA) is 58.6 Å². The van der Waals surface area contributed by atoms with Crippen molar-refractivity contribution >= 4 is 29.5 Å². The second-order valence-electron chi connectivity index (χ2n) is 8.77. The summed E-state index contributed by atoms with van der Waals surface area (Å²) in [6.07, 6.45) is 4.44. The fraction of sp³-hybridized carbons (Fsp3) is 0.545. The minimum absolute atomic E-state index is 0.0503. The zero-order valence-corrected chi connectivity index (χ0v) is 17.8. The van der Waals surface area contributed by atoms with Crippen molar-refractivity contribution in [1.82, 2.24) is 10.2 Å². The number of likely N-dealkylation sites (N-methyl/N-ethyl adjacent to an activating group) is 1. The third-order valence-corrected chi connectivity index (χ3v) is 6.14. The van der Waals surface area contributed by atoms with Gasteiger partial charge in [-0.25, -0.2) is 0 Å². The quantitative estimate of drug-likeness (QED) is 0.778. The summed E-state index contributed by atoms with van der Waals surface area (Å²) in [5, 5.41) is 3.27. The van der Waals surface area contributed by atoms with E-state index in [4.69, 9.17) is 16.3 Å². The Labute approximate surface area is 172 Å². The molecule has 2 aliphatic rings. The van der Waals surface area contributed by atoms with Gasteiger partial charge in [0.2, 0.25) is 5.91 Å². The van der Waals surface area contributed by atoms with Crippen LogP contribution < -0.4 is 5.32 Å². The molecular weight excluding hydrogens is 376 g/mol. The standard InChI is InChI=1S/C22H29ClN2O3/c1-22(2,3)15-7-10-18-17(12-15)25(13-20(26)24-4)21(27)19(28-18)11-14-5-8-16(23)9-6-14/h5-6,8-9,11,15,17-18H,7,10,12-13H2,1-4H3,(H,24,26)/b19-11+. The van der Waals surface area contributed by atoms with E-state index in [1.54, 1.807) is 30.2 Å². The van der Waals surface area contributed by atoms with Gasteiger partial charge in [0.1, 0.15) is 12.6 Å². The Morgan fingerprint density at radius 2 is 1.96 bits per heavy atom. The van der Waals surface area contributed by atoms with E-state index in [2.05, 4.69) is 26.1 Å². The van der Waals surface area contributed by atoms with Crippen LogP contribution in [-0.2, 0) is 14.3 Å². The maximum absolute atomic E-state index is 13.2. The van der Waals surface area contributed by atoms with E-state index in [1.165, 1.54) is 0 Å². The Balaban J connectivity index is 1.89. The lowest BCUT2D eigenvalue weighted by atomic mass is 9.69. The third-order valence-electron chi connectivity index (χ3n) is 5.89. The average Bonchev–Trinajstić information content (AvgIpc) is 2.65. The van der Waals surface area contributed by atoms with Crippen LogP contribution >= 0.6 is 11.6 Å². The largest absolute Gasteiger partial charge is 0.482 e. The van der Waals surface area contributed by atoms with Crippen LogP contribution in [-0.4, -0.2) is 42.5 Å². The molecule has 152 valence electrons. The van der Waals surface area contributed by atoms with Crippen molar-refractivity contribution in [3.8, 4) is 0 Å². The maximum Gasteiger partial charge on any atom is 0.289 e. The van der Waals surface area contributed by atoms with Gasteiger partial charge in [0.05, 0.1) is 6.04 Å². The number of fused-ring (bicyclic) bond motifs is 1. The number of rotatable bonds is 3. The van der Waals surface area contributed by atoms with Gasteiger partial charge in [0, 0.05) is 12.1 Å². The molecule has 2 fully saturated rings. The lowest BCUT2D eigenvalue weighted by molar-refractivity contribution is -0.154. The predicted molar refractivity (Wildman–Crippen MR) is 111 cm³/mol. The molecule has 0 radical (unpaired) electrons. The highest BCUT2D eigenvalue weighted by atomic mass is 35.5. The van der Waals surface area contributed by atoms with Crippen LogP contribution in [0.1, 0.15) is 45.6 Å². The van der Waals surface area contributed by atoms with Crippen molar-refractivity contribution in [2.75, 3.05) is 13.6 Å². The molecule has 28 heavy (non-hydrogen) atoms. The van der Waals surface area contributed by atoms with Gasteiger partial charge in [-0.3, -0.25) is 9.59 Å². The molecule has 1 aromatic carbocycles. The molecule has 3 rings (SSSR count). The number of ether oxygens (including phenoxy) is 1. The molecule has 5 nitrogen and oxygen atoms in total. The Hall–Kier alpha value is -2.01. The van der Waals surface area contributed by atoms with Crippen molar-refractivity contribution in [3.63, 3.8) is 0 Å². The molecule has 3 unspecified atom stereocenters. The second-order valence-corrected chi connectivity index (χ2v) is 9.20. The first-order chi connectivity index (χ1) is 13.2. The van der Waals surface area contributed by atoms with E-state index in [0.29, 0.717) is 16.7 Å². The molecule has 6 heteroatoms. The smallest absolute Gasteiger partial charge is 0.289 e. The molecule has 0 aromatic heterocycles. The van der Waals surface area contributed by atoms with Crippen molar-refractivity contribution < 1.29 is 14.3 Å². The molecule has 1 heterocycles. The lowest BCUT2D eigenvalue weighted by Crippen LogP contribution is -2.58. The van der Waals surface area contributed by atoms with Crippen molar-refractivity contribution in [2.45, 2.75) is 52.2 Å². The molecule has 3 atom stereocenters. The van der Waals surface area contributed by atoms with Crippen LogP contribution in [0.4, 0.5) is 0 Å². The maximum atomic E-state index is 13.2. The van der Waals surface area contributed by atoms with Gasteiger partial charge in [-0.1, -0.05) is 44.5 Å². The second kappa shape index (κ2) is 8.16. The average molecular weight is 405 g/mol. The number of halogens is 1. The highest BCUT2D eigenvalue weighted by Gasteiger charge is 2.46. The monoisotopic (exact) mass is 404 g/mol. The first-order valence-corrected chi connectivity index (χ1v) is 10.2. The number of carbonyl (C=O) groups is 2. The van der Waals surface area contributed by atoms with Crippen LogP contribution in [0.2, 0.25) is 5.02 Å². The van der Waals surface area contributed by atoms with E-state index in [9.17, 15) is 9.59 Å². The van der Waals surface area contributed by atoms with Crippen LogP contribution in [0.15, 0.2) is 30.0 Å². The highest BCUT2D eigenvalue weighted by Crippen LogP contribution is 2.42. The highest BCUT2D eigenvalue weighted by molar-refractivity contribution is 6.30. The lowest BCUT2D eigenvalue weighted by Gasteiger charge is -2.48. The van der Waals surface area contributed by atoms with E-state index < -0.39 is 0 Å². The molecule has 1 aromatic rings. The Kier molecular flexibility index (Phi) is 6.04. The molecule has 0 bridgehead atoms. The number of nitrogens with zero attached hydrogens (tertiary/aromatic N) is 1. The summed E-state index contributed by atoms with van der Waals surface area (Å²) in [7, 11) is 1.59. The Bertz CT molecular complexity index is 767. The molecular formula is C22H29ClN2O3. The molecule has 1 aliphatic heterocycles. The van der Waals surface area contributed by atoms with Crippen molar-refractivity contribution in [2.24, 2.45) is 11.3 Å². The van der Waals surface area contributed by atoms with Gasteiger partial charge in [-0.15, -0.1) is 0 Å². The van der Waals surface area contributed by atoms with Gasteiger partial charge in [-0.2, -0.15) is 0 Å². The van der Waals surface area contributed by atoms with Gasteiger partial charge >= 0.3 is 0 Å². The Morgan fingerprint density at radius 1 is 1.29 bits per heavy atom. The summed E-state index contributed by atoms with van der Waals surface area (Å²) in [5.41, 5.74) is 1.00. The van der Waals surface area contributed by atoms with E-state index >= 15 is 0 Å². The zero-order valence-electron chi connectivity index (χ0n) is 17.0. The number of benzene rings is 1. The van der Waals surface area contributed by atoms with Gasteiger partial charge in [-0.05, 0) is 54.4 Å². The normalized spacial score (nSPS) is 26.6. The Morgan fingerprint density at radius 3 is 2.57 bits per heavy atom. The summed E-state index contributed by atoms with van der Waals surface area (Å²) < 4.78 is 6.15. The molecule has 0 spiro atoms. The van der Waals surface area contributed by atoms with Crippen LogP contribution in [0.25, 0.3) is 6.08 Å². The molecule has 1 N–H and O–H groups in total. The molecule has 1 saturated heterocycles. The van der Waals surface area contributed by atoms with E-state index in [1.807, 2.05) is 12.1 Å². The fourth-order valence-corrected chi connectivity index (χ4v) is 4.23. The van der Waals surface area contributed by atoms with Crippen LogP contribution in [0, 0.1) is 11.3 Å². The SMILES string of the molecule is CNC(=O)CN1C(=O)/C(=C\c2ccc(Cl)cc2)OC2CCC(C(C)(C)C)CC21. The molecule has 2 amide bonds. The minimum atomic E-state index is -0.227. The first kappa shape index (κ1) is 20.7. The summed E-state index contributed by atoms with van der Waals surface area (Å²) in [5.74, 6) is 0.382. The number of amides is 2. The summed E-state index contributed by atoms with van der Waals surface area (Å²) >= 11 is 5.95. The number of morpholine rings is 1. The van der Waals surface area contributed by atoms with E-state index in [0.717, 1.165) is 24.8 Å². The predicted octanol–water partition coefficient (Wildman–Crippen LogP) is 3.87. The number of hydrogen-bond acceptors (Lipinski definition) is 3. The first-order valence-electron chi connectivity index (χ1n) is 9.84. The van der Waals surface area contributed by atoms with Crippen LogP contribution in [0.3, 0.4) is 0 Å².